The van der Waals surface area contributed by atoms with Crippen LogP contribution in [0.1, 0.15) is 15.9 Å². The van der Waals surface area contributed by atoms with E-state index in [2.05, 4.69) is 10.3 Å². The molecule has 2 aromatic rings. The number of nitrogens with zero attached hydrogens (tertiary/aromatic N) is 2. The molecule has 0 unspecified atom stereocenters. The van der Waals surface area contributed by atoms with Gasteiger partial charge < -0.3 is 10.4 Å². The lowest BCUT2D eigenvalue weighted by Crippen LogP contribution is -2.08. The Morgan fingerprint density at radius 3 is 2.86 bits per heavy atom. The second kappa shape index (κ2) is 6.47. The van der Waals surface area contributed by atoms with E-state index in [0.29, 0.717) is 13.0 Å². The van der Waals surface area contributed by atoms with Gasteiger partial charge in [0.2, 0.25) is 5.82 Å². The maximum atomic E-state index is 10.9. The van der Waals surface area contributed by atoms with Crippen LogP contribution in [0.15, 0.2) is 42.6 Å². The number of nitrogens with one attached hydrogen (secondary N) is 1. The number of carboxylic acids is 1. The van der Waals surface area contributed by atoms with Gasteiger partial charge >= 0.3 is 11.7 Å². The van der Waals surface area contributed by atoms with Gasteiger partial charge in [-0.1, -0.05) is 12.1 Å². The van der Waals surface area contributed by atoms with Gasteiger partial charge in [-0.2, -0.15) is 0 Å². The number of rotatable bonds is 6. The SMILES string of the molecule is O=C(O)c1cccc(CCNc2ncccc2[N+](=O)[O-])c1. The van der Waals surface area contributed by atoms with Crippen molar-refractivity contribution in [3.63, 3.8) is 0 Å². The molecule has 2 rings (SSSR count). The van der Waals surface area contributed by atoms with Gasteiger partial charge in [-0.05, 0) is 30.2 Å². The lowest BCUT2D eigenvalue weighted by atomic mass is 10.1. The van der Waals surface area contributed by atoms with Crippen molar-refractivity contribution in [1.82, 2.24) is 4.98 Å². The number of carbonyl (C=O) groups is 1. The Bertz CT molecular complexity index is 673. The van der Waals surface area contributed by atoms with Crippen molar-refractivity contribution in [1.29, 1.82) is 0 Å². The largest absolute Gasteiger partial charge is 0.478 e. The molecule has 7 nitrogen and oxygen atoms in total. The summed E-state index contributed by atoms with van der Waals surface area (Å²) in [5.74, 6) is -0.776. The summed E-state index contributed by atoms with van der Waals surface area (Å²) in [6.45, 7) is 0.418. The van der Waals surface area contributed by atoms with Crippen LogP contribution in [0.25, 0.3) is 0 Å². The minimum atomic E-state index is -0.981. The number of aromatic carboxylic acids is 1. The average Bonchev–Trinajstić information content (AvgIpc) is 2.48. The Kier molecular flexibility index (Phi) is 4.45. The van der Waals surface area contributed by atoms with Crippen LogP contribution >= 0.6 is 0 Å². The Balaban J connectivity index is 2.00. The molecule has 1 heterocycles. The van der Waals surface area contributed by atoms with Crippen molar-refractivity contribution >= 4 is 17.5 Å². The highest BCUT2D eigenvalue weighted by atomic mass is 16.6. The summed E-state index contributed by atoms with van der Waals surface area (Å²) in [5, 5.41) is 22.6. The normalized spacial score (nSPS) is 10.1. The molecule has 0 saturated heterocycles. The quantitative estimate of drug-likeness (QED) is 0.624. The van der Waals surface area contributed by atoms with Crippen LogP contribution in [-0.2, 0) is 6.42 Å². The highest BCUT2D eigenvalue weighted by Gasteiger charge is 2.13. The van der Waals surface area contributed by atoms with E-state index in [1.54, 1.807) is 18.2 Å². The van der Waals surface area contributed by atoms with Crippen molar-refractivity contribution < 1.29 is 14.8 Å². The smallest absolute Gasteiger partial charge is 0.335 e. The second-order valence-corrected chi connectivity index (χ2v) is 4.31. The van der Waals surface area contributed by atoms with Crippen molar-refractivity contribution in [3.8, 4) is 0 Å². The van der Waals surface area contributed by atoms with Gasteiger partial charge in [0.25, 0.3) is 0 Å². The van der Waals surface area contributed by atoms with Crippen LogP contribution in [-0.4, -0.2) is 27.5 Å². The lowest BCUT2D eigenvalue weighted by molar-refractivity contribution is -0.384. The Hall–Kier alpha value is -2.96. The van der Waals surface area contributed by atoms with Gasteiger partial charge in [-0.25, -0.2) is 9.78 Å². The molecule has 0 aliphatic rings. The fourth-order valence-electron chi connectivity index (χ4n) is 1.87. The van der Waals surface area contributed by atoms with E-state index in [1.165, 1.54) is 24.4 Å². The zero-order chi connectivity index (χ0) is 15.2. The van der Waals surface area contributed by atoms with Gasteiger partial charge in [0.15, 0.2) is 0 Å². The second-order valence-electron chi connectivity index (χ2n) is 4.31. The van der Waals surface area contributed by atoms with Gasteiger partial charge in [-0.15, -0.1) is 0 Å². The lowest BCUT2D eigenvalue weighted by Gasteiger charge is -2.06. The monoisotopic (exact) mass is 287 g/mol. The highest BCUT2D eigenvalue weighted by molar-refractivity contribution is 5.87. The zero-order valence-corrected chi connectivity index (χ0v) is 11.0. The minimum Gasteiger partial charge on any atom is -0.478 e. The average molecular weight is 287 g/mol. The number of benzene rings is 1. The van der Waals surface area contributed by atoms with Crippen molar-refractivity contribution in [3.05, 3.63) is 63.8 Å². The molecule has 108 valence electrons. The number of carboxylic acid groups (broad SMARTS) is 1. The molecule has 2 N–H and O–H groups in total. The van der Waals surface area contributed by atoms with E-state index in [4.69, 9.17) is 5.11 Å². The first-order valence-electron chi connectivity index (χ1n) is 6.23. The third kappa shape index (κ3) is 3.75. The number of hydrogen-bond donors (Lipinski definition) is 2. The van der Waals surface area contributed by atoms with Crippen molar-refractivity contribution in [2.75, 3.05) is 11.9 Å². The van der Waals surface area contributed by atoms with Gasteiger partial charge in [0.05, 0.1) is 10.5 Å². The fourth-order valence-corrected chi connectivity index (χ4v) is 1.87. The van der Waals surface area contributed by atoms with E-state index in [9.17, 15) is 14.9 Å². The number of pyridine rings is 1. The third-order valence-corrected chi connectivity index (χ3v) is 2.86. The van der Waals surface area contributed by atoms with Crippen molar-refractivity contribution in [2.24, 2.45) is 0 Å². The highest BCUT2D eigenvalue weighted by Crippen LogP contribution is 2.20. The van der Waals surface area contributed by atoms with E-state index >= 15 is 0 Å². The Morgan fingerprint density at radius 1 is 1.33 bits per heavy atom. The molecular formula is C14H13N3O4. The third-order valence-electron chi connectivity index (χ3n) is 2.86. The minimum absolute atomic E-state index is 0.0863. The number of hydrogen-bond acceptors (Lipinski definition) is 5. The van der Waals surface area contributed by atoms with E-state index in [-0.39, 0.29) is 17.1 Å². The predicted molar refractivity (Wildman–Crippen MR) is 76.5 cm³/mol. The summed E-state index contributed by atoms with van der Waals surface area (Å²) in [7, 11) is 0. The van der Waals surface area contributed by atoms with E-state index in [0.717, 1.165) is 5.56 Å². The molecule has 0 spiro atoms. The molecule has 21 heavy (non-hydrogen) atoms. The van der Waals surface area contributed by atoms with Crippen LogP contribution < -0.4 is 5.32 Å². The topological polar surface area (TPSA) is 105 Å². The summed E-state index contributed by atoms with van der Waals surface area (Å²) < 4.78 is 0. The van der Waals surface area contributed by atoms with Gasteiger partial charge in [0, 0.05) is 18.8 Å². The molecular weight excluding hydrogens is 274 g/mol. The Morgan fingerprint density at radius 2 is 2.14 bits per heavy atom. The summed E-state index contributed by atoms with van der Waals surface area (Å²) in [5.41, 5.74) is 0.967. The van der Waals surface area contributed by atoms with E-state index in [1.807, 2.05) is 0 Å². The summed E-state index contributed by atoms with van der Waals surface area (Å²) >= 11 is 0. The van der Waals surface area contributed by atoms with Crippen LogP contribution in [0, 0.1) is 10.1 Å². The summed E-state index contributed by atoms with van der Waals surface area (Å²) in [6, 6.07) is 9.45. The number of aromatic nitrogens is 1. The predicted octanol–water partition coefficient (Wildman–Crippen LogP) is 2.34. The first-order chi connectivity index (χ1) is 10.1. The first-order valence-corrected chi connectivity index (χ1v) is 6.23. The van der Waals surface area contributed by atoms with Crippen LogP contribution in [0.5, 0.6) is 0 Å². The fraction of sp³-hybridized carbons (Fsp3) is 0.143. The van der Waals surface area contributed by atoms with Gasteiger partial charge in [-0.3, -0.25) is 10.1 Å². The van der Waals surface area contributed by atoms with E-state index < -0.39 is 10.9 Å². The van der Waals surface area contributed by atoms with Crippen LogP contribution in [0.2, 0.25) is 0 Å². The molecule has 0 amide bonds. The molecule has 1 aromatic carbocycles. The molecule has 1 aromatic heterocycles. The molecule has 0 saturated carbocycles. The first kappa shape index (κ1) is 14.4. The standard InChI is InChI=1S/C14H13N3O4/c18-14(19)11-4-1-3-10(9-11)6-8-16-13-12(17(20)21)5-2-7-15-13/h1-5,7,9H,6,8H2,(H,15,16)(H,18,19). The van der Waals surface area contributed by atoms with Crippen LogP contribution in [0.4, 0.5) is 11.5 Å². The van der Waals surface area contributed by atoms with Gasteiger partial charge in [0.1, 0.15) is 0 Å². The number of anilines is 1. The number of nitro groups is 1. The van der Waals surface area contributed by atoms with Crippen LogP contribution in [0.3, 0.4) is 0 Å². The summed E-state index contributed by atoms with van der Waals surface area (Å²) in [4.78, 5) is 25.1. The molecule has 0 aliphatic carbocycles. The maximum Gasteiger partial charge on any atom is 0.335 e. The Labute approximate surface area is 120 Å². The molecule has 7 heteroatoms. The molecule has 0 aliphatic heterocycles. The zero-order valence-electron chi connectivity index (χ0n) is 11.0. The molecule has 0 fully saturated rings. The summed E-state index contributed by atoms with van der Waals surface area (Å²) in [6.07, 6.45) is 2.01. The molecule has 0 bridgehead atoms. The van der Waals surface area contributed by atoms with Crippen molar-refractivity contribution in [2.45, 2.75) is 6.42 Å². The molecule has 0 radical (unpaired) electrons. The molecule has 0 atom stereocenters. The maximum absolute atomic E-state index is 10.9.